The molecule has 2 aromatic carbocycles. The van der Waals surface area contributed by atoms with Gasteiger partial charge in [-0.25, -0.2) is 0 Å². The first-order valence-corrected chi connectivity index (χ1v) is 10.9. The van der Waals surface area contributed by atoms with Crippen molar-refractivity contribution in [3.8, 4) is 0 Å². The van der Waals surface area contributed by atoms with E-state index < -0.39 is 0 Å². The molecule has 7 nitrogen and oxygen atoms in total. The van der Waals surface area contributed by atoms with Gasteiger partial charge in [-0.1, -0.05) is 53.7 Å². The number of aryl methyl sites for hydroxylation is 1. The smallest absolute Gasteiger partial charge is 0.244 e. The molecule has 0 spiro atoms. The van der Waals surface area contributed by atoms with Crippen LogP contribution in [0, 0.1) is 6.92 Å². The fourth-order valence-electron chi connectivity index (χ4n) is 2.68. The van der Waals surface area contributed by atoms with Crippen molar-refractivity contribution < 1.29 is 9.59 Å². The molecule has 9 heteroatoms. The summed E-state index contributed by atoms with van der Waals surface area (Å²) >= 11 is 7.35. The molecule has 3 rings (SSSR count). The van der Waals surface area contributed by atoms with Gasteiger partial charge in [0.2, 0.25) is 11.8 Å². The van der Waals surface area contributed by atoms with E-state index >= 15 is 0 Å². The zero-order valence-corrected chi connectivity index (χ0v) is 18.7. The summed E-state index contributed by atoms with van der Waals surface area (Å²) in [6.07, 6.45) is 3.07. The van der Waals surface area contributed by atoms with Gasteiger partial charge in [-0.05, 0) is 42.3 Å². The third kappa shape index (κ3) is 6.70. The maximum absolute atomic E-state index is 12.2. The zero-order chi connectivity index (χ0) is 22.2. The van der Waals surface area contributed by atoms with Gasteiger partial charge in [0.15, 0.2) is 11.0 Å². The van der Waals surface area contributed by atoms with Crippen molar-refractivity contribution in [1.29, 1.82) is 0 Å². The van der Waals surface area contributed by atoms with E-state index in [1.807, 2.05) is 49.4 Å². The fraction of sp³-hybridized carbons (Fsp3) is 0.182. The largest absolute Gasteiger partial charge is 0.345 e. The van der Waals surface area contributed by atoms with E-state index in [1.54, 1.807) is 23.8 Å². The van der Waals surface area contributed by atoms with Gasteiger partial charge >= 0.3 is 0 Å². The Morgan fingerprint density at radius 1 is 1.16 bits per heavy atom. The lowest BCUT2D eigenvalue weighted by Crippen LogP contribution is -2.22. The van der Waals surface area contributed by atoms with Crippen molar-refractivity contribution in [2.75, 3.05) is 11.1 Å². The second kappa shape index (κ2) is 10.8. The molecular formula is C22H22ClN5O2S. The minimum atomic E-state index is -0.269. The number of thioether (sulfide) groups is 1. The molecule has 2 N–H and O–H groups in total. The number of hydrogen-bond donors (Lipinski definition) is 2. The first-order chi connectivity index (χ1) is 14.9. The standard InChI is InChI=1S/C22H22ClN5O2S/c1-15-6-5-8-17(12-15)25-21(30)14-31-22-27-26-19(28(22)2)13-24-20(29)11-10-16-7-3-4-9-18(16)23/h3-12H,13-14H2,1-2H3,(H,24,29)(H,25,30). The number of carbonyl (C=O) groups is 2. The Bertz CT molecular complexity index is 1110. The first kappa shape index (κ1) is 22.6. The number of halogens is 1. The van der Waals surface area contributed by atoms with Crippen molar-refractivity contribution in [3.05, 3.63) is 76.6 Å². The lowest BCUT2D eigenvalue weighted by molar-refractivity contribution is -0.116. The normalized spacial score (nSPS) is 10.9. The van der Waals surface area contributed by atoms with Gasteiger partial charge in [-0.2, -0.15) is 0 Å². The van der Waals surface area contributed by atoms with E-state index in [0.29, 0.717) is 16.0 Å². The molecule has 0 unspecified atom stereocenters. The van der Waals surface area contributed by atoms with Crippen LogP contribution in [0.15, 0.2) is 59.8 Å². The van der Waals surface area contributed by atoms with Crippen LogP contribution in [-0.2, 0) is 23.2 Å². The molecule has 2 amide bonds. The number of aromatic nitrogens is 3. The summed E-state index contributed by atoms with van der Waals surface area (Å²) in [7, 11) is 1.79. The number of carbonyl (C=O) groups excluding carboxylic acids is 2. The first-order valence-electron chi connectivity index (χ1n) is 9.50. The second-order valence-electron chi connectivity index (χ2n) is 6.74. The fourth-order valence-corrected chi connectivity index (χ4v) is 3.60. The average Bonchev–Trinajstić information content (AvgIpc) is 3.09. The molecule has 0 saturated heterocycles. The van der Waals surface area contributed by atoms with Crippen molar-refractivity contribution in [2.24, 2.45) is 7.05 Å². The van der Waals surface area contributed by atoms with Crippen molar-refractivity contribution in [2.45, 2.75) is 18.6 Å². The summed E-state index contributed by atoms with van der Waals surface area (Å²) in [4.78, 5) is 24.3. The molecule has 1 heterocycles. The van der Waals surface area contributed by atoms with Gasteiger partial charge in [0.1, 0.15) is 0 Å². The Morgan fingerprint density at radius 3 is 2.74 bits per heavy atom. The number of benzene rings is 2. The van der Waals surface area contributed by atoms with Crippen LogP contribution in [0.2, 0.25) is 5.02 Å². The summed E-state index contributed by atoms with van der Waals surface area (Å²) in [5, 5.41) is 15.0. The van der Waals surface area contributed by atoms with Crippen LogP contribution in [0.25, 0.3) is 6.08 Å². The monoisotopic (exact) mass is 455 g/mol. The summed E-state index contributed by atoms with van der Waals surface area (Å²) in [6, 6.07) is 14.9. The van der Waals surface area contributed by atoms with Gasteiger partial charge in [-0.15, -0.1) is 10.2 Å². The minimum Gasteiger partial charge on any atom is -0.345 e. The molecule has 0 aliphatic carbocycles. The Hall–Kier alpha value is -3.10. The molecule has 0 aliphatic rings. The Labute approximate surface area is 189 Å². The number of nitrogens with zero attached hydrogens (tertiary/aromatic N) is 3. The highest BCUT2D eigenvalue weighted by Gasteiger charge is 2.12. The van der Waals surface area contributed by atoms with Crippen LogP contribution < -0.4 is 10.6 Å². The molecule has 0 fully saturated rings. The molecule has 0 aliphatic heterocycles. The number of amides is 2. The molecule has 0 saturated carbocycles. The SMILES string of the molecule is Cc1cccc(NC(=O)CSc2nnc(CNC(=O)C=Cc3ccccc3Cl)n2C)c1. The molecule has 160 valence electrons. The van der Waals surface area contributed by atoms with E-state index in [0.717, 1.165) is 16.8 Å². The minimum absolute atomic E-state index is 0.127. The van der Waals surface area contributed by atoms with E-state index in [4.69, 9.17) is 11.6 Å². The summed E-state index contributed by atoms with van der Waals surface area (Å²) in [5.41, 5.74) is 2.60. The molecule has 0 radical (unpaired) electrons. The summed E-state index contributed by atoms with van der Waals surface area (Å²) < 4.78 is 1.75. The van der Waals surface area contributed by atoms with Crippen molar-refractivity contribution in [3.63, 3.8) is 0 Å². The molecule has 0 bridgehead atoms. The zero-order valence-electron chi connectivity index (χ0n) is 17.1. The van der Waals surface area contributed by atoms with Crippen LogP contribution in [-0.4, -0.2) is 32.3 Å². The van der Waals surface area contributed by atoms with Gasteiger partial charge in [-0.3, -0.25) is 9.59 Å². The summed E-state index contributed by atoms with van der Waals surface area (Å²) in [6.45, 7) is 2.18. The Kier molecular flexibility index (Phi) is 7.86. The lowest BCUT2D eigenvalue weighted by Gasteiger charge is -2.06. The Morgan fingerprint density at radius 2 is 1.97 bits per heavy atom. The summed E-state index contributed by atoms with van der Waals surface area (Å²) in [5.74, 6) is 0.390. The van der Waals surface area contributed by atoms with E-state index in [-0.39, 0.29) is 24.1 Å². The quantitative estimate of drug-likeness (QED) is 0.398. The maximum Gasteiger partial charge on any atom is 0.244 e. The van der Waals surface area contributed by atoms with E-state index in [1.165, 1.54) is 17.8 Å². The topological polar surface area (TPSA) is 88.9 Å². The molecule has 1 aromatic heterocycles. The molecule has 0 atom stereocenters. The van der Waals surface area contributed by atoms with Gasteiger partial charge in [0.05, 0.1) is 12.3 Å². The van der Waals surface area contributed by atoms with E-state index in [2.05, 4.69) is 20.8 Å². The number of hydrogen-bond acceptors (Lipinski definition) is 5. The lowest BCUT2D eigenvalue weighted by atomic mass is 10.2. The number of nitrogens with one attached hydrogen (secondary N) is 2. The van der Waals surface area contributed by atoms with Crippen LogP contribution in [0.1, 0.15) is 17.0 Å². The number of anilines is 1. The second-order valence-corrected chi connectivity index (χ2v) is 8.09. The third-order valence-electron chi connectivity index (χ3n) is 4.30. The average molecular weight is 456 g/mol. The van der Waals surface area contributed by atoms with Gasteiger partial charge in [0, 0.05) is 23.8 Å². The van der Waals surface area contributed by atoms with Crippen LogP contribution in [0.4, 0.5) is 5.69 Å². The predicted octanol–water partition coefficient (Wildman–Crippen LogP) is 3.84. The van der Waals surface area contributed by atoms with Gasteiger partial charge < -0.3 is 15.2 Å². The molecule has 31 heavy (non-hydrogen) atoms. The molecule has 3 aromatic rings. The highest BCUT2D eigenvalue weighted by atomic mass is 35.5. The van der Waals surface area contributed by atoms with E-state index in [9.17, 15) is 9.59 Å². The van der Waals surface area contributed by atoms with Crippen LogP contribution in [0.3, 0.4) is 0 Å². The van der Waals surface area contributed by atoms with Crippen LogP contribution >= 0.6 is 23.4 Å². The highest BCUT2D eigenvalue weighted by molar-refractivity contribution is 7.99. The van der Waals surface area contributed by atoms with Gasteiger partial charge in [0.25, 0.3) is 0 Å². The molecular weight excluding hydrogens is 434 g/mol. The Balaban J connectivity index is 1.49. The third-order valence-corrected chi connectivity index (χ3v) is 5.66. The predicted molar refractivity (Wildman–Crippen MR) is 124 cm³/mol. The maximum atomic E-state index is 12.2. The van der Waals surface area contributed by atoms with Crippen LogP contribution in [0.5, 0.6) is 0 Å². The highest BCUT2D eigenvalue weighted by Crippen LogP contribution is 2.17. The number of rotatable bonds is 8. The van der Waals surface area contributed by atoms with Crippen molar-refractivity contribution >= 4 is 46.9 Å². The van der Waals surface area contributed by atoms with Crippen molar-refractivity contribution in [1.82, 2.24) is 20.1 Å².